The lowest BCUT2D eigenvalue weighted by atomic mass is 10.2. The zero-order valence-electron chi connectivity index (χ0n) is 14.4. The number of pyridine rings is 1. The fourth-order valence-corrected chi connectivity index (χ4v) is 2.57. The van der Waals surface area contributed by atoms with E-state index in [2.05, 4.69) is 47.3 Å². The summed E-state index contributed by atoms with van der Waals surface area (Å²) in [6, 6.07) is 12.3. The van der Waals surface area contributed by atoms with Crippen LogP contribution in [0.15, 0.2) is 48.8 Å². The van der Waals surface area contributed by atoms with Crippen LogP contribution in [0.3, 0.4) is 0 Å². The van der Waals surface area contributed by atoms with Crippen molar-refractivity contribution in [3.63, 3.8) is 0 Å². The Labute approximate surface area is 142 Å². The van der Waals surface area contributed by atoms with Gasteiger partial charge in [-0.1, -0.05) is 12.1 Å². The molecule has 0 radical (unpaired) electrons. The standard InChI is InChI=1S/C19H23N5/c1-14(10-12-24(2)3)21-19-16-8-4-5-9-17(16)22-18(23-19)15-7-6-11-20-13-15/h4-9,11,13-14H,10,12H2,1-3H3,(H,21,22,23). The van der Waals surface area contributed by atoms with Crippen LogP contribution in [0.5, 0.6) is 0 Å². The lowest BCUT2D eigenvalue weighted by molar-refractivity contribution is 0.390. The molecule has 5 heteroatoms. The van der Waals surface area contributed by atoms with Crippen LogP contribution in [-0.2, 0) is 0 Å². The Morgan fingerprint density at radius 3 is 2.67 bits per heavy atom. The van der Waals surface area contributed by atoms with E-state index in [-0.39, 0.29) is 0 Å². The summed E-state index contributed by atoms with van der Waals surface area (Å²) in [5.41, 5.74) is 1.86. The molecule has 0 saturated carbocycles. The van der Waals surface area contributed by atoms with Gasteiger partial charge in [-0.3, -0.25) is 4.98 Å². The first-order valence-electron chi connectivity index (χ1n) is 8.22. The number of nitrogens with one attached hydrogen (secondary N) is 1. The summed E-state index contributed by atoms with van der Waals surface area (Å²) < 4.78 is 0. The molecule has 0 amide bonds. The minimum absolute atomic E-state index is 0.326. The van der Waals surface area contributed by atoms with Gasteiger partial charge in [0.15, 0.2) is 5.82 Å². The first-order valence-corrected chi connectivity index (χ1v) is 8.22. The van der Waals surface area contributed by atoms with Crippen LogP contribution < -0.4 is 5.32 Å². The largest absolute Gasteiger partial charge is 0.367 e. The zero-order chi connectivity index (χ0) is 16.9. The van der Waals surface area contributed by atoms with Gasteiger partial charge in [-0.05, 0) is 58.3 Å². The Kier molecular flexibility index (Phi) is 5.01. The van der Waals surface area contributed by atoms with Gasteiger partial charge in [0.2, 0.25) is 0 Å². The highest BCUT2D eigenvalue weighted by atomic mass is 15.1. The van der Waals surface area contributed by atoms with Gasteiger partial charge in [0.1, 0.15) is 5.82 Å². The summed E-state index contributed by atoms with van der Waals surface area (Å²) in [7, 11) is 4.18. The average Bonchev–Trinajstić information content (AvgIpc) is 2.60. The van der Waals surface area contributed by atoms with Crippen LogP contribution in [0.25, 0.3) is 22.3 Å². The Balaban J connectivity index is 1.96. The lowest BCUT2D eigenvalue weighted by Gasteiger charge is -2.18. The van der Waals surface area contributed by atoms with Crippen molar-refractivity contribution >= 4 is 16.7 Å². The number of hydrogen-bond donors (Lipinski definition) is 1. The molecule has 0 bridgehead atoms. The minimum atomic E-state index is 0.326. The van der Waals surface area contributed by atoms with Crippen LogP contribution in [0.2, 0.25) is 0 Å². The van der Waals surface area contributed by atoms with E-state index in [1.165, 1.54) is 0 Å². The normalized spacial score (nSPS) is 12.5. The first kappa shape index (κ1) is 16.3. The maximum absolute atomic E-state index is 4.76. The van der Waals surface area contributed by atoms with Crippen molar-refractivity contribution in [3.8, 4) is 11.4 Å². The molecule has 3 rings (SSSR count). The molecule has 2 aromatic heterocycles. The molecular formula is C19H23N5. The third-order valence-corrected chi connectivity index (χ3v) is 3.92. The van der Waals surface area contributed by atoms with Gasteiger partial charge in [0, 0.05) is 29.4 Å². The summed E-state index contributed by atoms with van der Waals surface area (Å²) in [5, 5.41) is 4.60. The molecule has 0 aliphatic rings. The minimum Gasteiger partial charge on any atom is -0.367 e. The molecule has 5 nitrogen and oxygen atoms in total. The van der Waals surface area contributed by atoms with E-state index in [4.69, 9.17) is 4.98 Å². The molecule has 0 saturated heterocycles. The van der Waals surface area contributed by atoms with Crippen molar-refractivity contribution in [1.29, 1.82) is 0 Å². The number of hydrogen-bond acceptors (Lipinski definition) is 5. The summed E-state index contributed by atoms with van der Waals surface area (Å²) in [6.45, 7) is 3.22. The van der Waals surface area contributed by atoms with Crippen molar-refractivity contribution in [2.75, 3.05) is 26.0 Å². The van der Waals surface area contributed by atoms with Crippen LogP contribution >= 0.6 is 0 Å². The molecule has 2 heterocycles. The number of rotatable bonds is 6. The van der Waals surface area contributed by atoms with Gasteiger partial charge in [-0.2, -0.15) is 0 Å². The molecule has 1 N–H and O–H groups in total. The summed E-state index contributed by atoms with van der Waals surface area (Å²) in [6.07, 6.45) is 4.60. The highest BCUT2D eigenvalue weighted by Crippen LogP contribution is 2.25. The average molecular weight is 321 g/mol. The number of fused-ring (bicyclic) bond motifs is 1. The molecule has 124 valence electrons. The fourth-order valence-electron chi connectivity index (χ4n) is 2.57. The molecule has 0 aliphatic carbocycles. The van der Waals surface area contributed by atoms with Crippen LogP contribution in [0, 0.1) is 0 Å². The van der Waals surface area contributed by atoms with E-state index >= 15 is 0 Å². The second-order valence-electron chi connectivity index (χ2n) is 6.29. The maximum atomic E-state index is 4.76. The molecular weight excluding hydrogens is 298 g/mol. The van der Waals surface area contributed by atoms with Gasteiger partial charge in [-0.15, -0.1) is 0 Å². The van der Waals surface area contributed by atoms with Crippen molar-refractivity contribution in [2.45, 2.75) is 19.4 Å². The Hall–Kier alpha value is -2.53. The summed E-state index contributed by atoms with van der Waals surface area (Å²) in [4.78, 5) is 15.8. The smallest absolute Gasteiger partial charge is 0.163 e. The topological polar surface area (TPSA) is 53.9 Å². The van der Waals surface area contributed by atoms with Crippen molar-refractivity contribution in [2.24, 2.45) is 0 Å². The molecule has 1 unspecified atom stereocenters. The van der Waals surface area contributed by atoms with E-state index in [0.29, 0.717) is 11.9 Å². The lowest BCUT2D eigenvalue weighted by Crippen LogP contribution is -2.23. The van der Waals surface area contributed by atoms with Gasteiger partial charge >= 0.3 is 0 Å². The van der Waals surface area contributed by atoms with Crippen LogP contribution in [-0.4, -0.2) is 46.5 Å². The predicted octanol–water partition coefficient (Wildman–Crippen LogP) is 3.44. The van der Waals surface area contributed by atoms with E-state index in [1.807, 2.05) is 30.3 Å². The zero-order valence-corrected chi connectivity index (χ0v) is 14.4. The van der Waals surface area contributed by atoms with Gasteiger partial charge in [0.25, 0.3) is 0 Å². The van der Waals surface area contributed by atoms with Crippen molar-refractivity contribution in [3.05, 3.63) is 48.8 Å². The summed E-state index contributed by atoms with van der Waals surface area (Å²) in [5.74, 6) is 1.58. The first-order chi connectivity index (χ1) is 11.6. The van der Waals surface area contributed by atoms with Crippen molar-refractivity contribution < 1.29 is 0 Å². The number of nitrogens with zero attached hydrogens (tertiary/aromatic N) is 4. The Bertz CT molecular complexity index is 801. The summed E-state index contributed by atoms with van der Waals surface area (Å²) >= 11 is 0. The van der Waals surface area contributed by atoms with E-state index < -0.39 is 0 Å². The molecule has 0 aliphatic heterocycles. The fraction of sp³-hybridized carbons (Fsp3) is 0.316. The van der Waals surface area contributed by atoms with Crippen LogP contribution in [0.4, 0.5) is 5.82 Å². The highest BCUT2D eigenvalue weighted by Gasteiger charge is 2.11. The Morgan fingerprint density at radius 2 is 1.92 bits per heavy atom. The van der Waals surface area contributed by atoms with Gasteiger partial charge in [-0.25, -0.2) is 9.97 Å². The number of aromatic nitrogens is 3. The van der Waals surface area contributed by atoms with Crippen molar-refractivity contribution in [1.82, 2.24) is 19.9 Å². The molecule has 3 aromatic rings. The molecule has 1 atom stereocenters. The van der Waals surface area contributed by atoms with E-state index in [9.17, 15) is 0 Å². The second kappa shape index (κ2) is 7.36. The molecule has 24 heavy (non-hydrogen) atoms. The third-order valence-electron chi connectivity index (χ3n) is 3.92. The van der Waals surface area contributed by atoms with E-state index in [1.54, 1.807) is 12.4 Å². The molecule has 0 spiro atoms. The molecule has 0 fully saturated rings. The van der Waals surface area contributed by atoms with Gasteiger partial charge in [0.05, 0.1) is 5.52 Å². The number of benzene rings is 1. The Morgan fingerprint density at radius 1 is 1.08 bits per heavy atom. The van der Waals surface area contributed by atoms with Crippen LogP contribution in [0.1, 0.15) is 13.3 Å². The predicted molar refractivity (Wildman–Crippen MR) is 99.0 cm³/mol. The van der Waals surface area contributed by atoms with Gasteiger partial charge < -0.3 is 10.2 Å². The number of anilines is 1. The SMILES string of the molecule is CC(CCN(C)C)Nc1nc(-c2cccnc2)nc2ccccc12. The highest BCUT2D eigenvalue weighted by molar-refractivity contribution is 5.90. The third kappa shape index (κ3) is 3.86. The quantitative estimate of drug-likeness (QED) is 0.753. The van der Waals surface area contributed by atoms with E-state index in [0.717, 1.165) is 35.2 Å². The second-order valence-corrected chi connectivity index (χ2v) is 6.29. The monoisotopic (exact) mass is 321 g/mol. The molecule has 1 aromatic carbocycles. The number of para-hydroxylation sites is 1. The maximum Gasteiger partial charge on any atom is 0.163 e.